The van der Waals surface area contributed by atoms with E-state index in [-0.39, 0.29) is 18.0 Å². The zero-order valence-corrected chi connectivity index (χ0v) is 16.3. The van der Waals surface area contributed by atoms with Gasteiger partial charge in [0, 0.05) is 31.7 Å². The summed E-state index contributed by atoms with van der Waals surface area (Å²) in [6, 6.07) is 5.18. The fraction of sp³-hybridized carbons (Fsp3) is 0.476. The third-order valence-corrected chi connectivity index (χ3v) is 4.57. The Bertz CT molecular complexity index is 757. The minimum absolute atomic E-state index is 0.271. The van der Waals surface area contributed by atoms with Crippen LogP contribution >= 0.6 is 0 Å². The molecule has 5 nitrogen and oxygen atoms in total. The summed E-state index contributed by atoms with van der Waals surface area (Å²) in [6.07, 6.45) is 6.76. The van der Waals surface area contributed by atoms with Crippen LogP contribution in [0.15, 0.2) is 46.9 Å². The van der Waals surface area contributed by atoms with Gasteiger partial charge in [-0.25, -0.2) is 9.38 Å². The van der Waals surface area contributed by atoms with Crippen molar-refractivity contribution >= 4 is 11.9 Å². The first-order valence-corrected chi connectivity index (χ1v) is 9.39. The summed E-state index contributed by atoms with van der Waals surface area (Å²) in [4.78, 5) is 8.78. The van der Waals surface area contributed by atoms with Crippen LogP contribution in [0, 0.1) is 5.82 Å². The molecule has 6 heteroatoms. The number of halogens is 1. The van der Waals surface area contributed by atoms with E-state index in [1.54, 1.807) is 18.2 Å². The van der Waals surface area contributed by atoms with Crippen LogP contribution in [-0.2, 0) is 11.3 Å². The van der Waals surface area contributed by atoms with Gasteiger partial charge in [0.1, 0.15) is 5.60 Å². The molecule has 1 aromatic carbocycles. The zero-order valence-electron chi connectivity index (χ0n) is 16.3. The molecule has 1 aromatic rings. The maximum atomic E-state index is 14.5. The van der Waals surface area contributed by atoms with E-state index < -0.39 is 0 Å². The number of ether oxygens (including phenoxy) is 1. The molecule has 0 amide bonds. The smallest absolute Gasteiger partial charge is 0.209 e. The Kier molecular flexibility index (Phi) is 5.85. The highest BCUT2D eigenvalue weighted by Crippen LogP contribution is 2.25. The molecule has 2 heterocycles. The molecule has 0 atom stereocenters. The van der Waals surface area contributed by atoms with Crippen LogP contribution in [0.25, 0.3) is 0 Å². The molecule has 0 aromatic heterocycles. The summed E-state index contributed by atoms with van der Waals surface area (Å²) < 4.78 is 20.3. The number of aliphatic hydroxyl groups excluding tert-OH is 1. The molecule has 0 aliphatic carbocycles. The summed E-state index contributed by atoms with van der Waals surface area (Å²) in [7, 11) is 0. The van der Waals surface area contributed by atoms with Gasteiger partial charge in [0.05, 0.1) is 24.2 Å². The van der Waals surface area contributed by atoms with Gasteiger partial charge in [0.25, 0.3) is 0 Å². The van der Waals surface area contributed by atoms with Crippen molar-refractivity contribution in [3.05, 3.63) is 53.3 Å². The van der Waals surface area contributed by atoms with Gasteiger partial charge in [0.2, 0.25) is 5.88 Å². The Balaban J connectivity index is 1.62. The van der Waals surface area contributed by atoms with Crippen molar-refractivity contribution in [3.63, 3.8) is 0 Å². The van der Waals surface area contributed by atoms with E-state index in [1.807, 2.05) is 38.0 Å². The van der Waals surface area contributed by atoms with Crippen LogP contribution in [-0.4, -0.2) is 48.0 Å². The Morgan fingerprint density at radius 3 is 2.48 bits per heavy atom. The molecular formula is C21H28FN3O2. The molecule has 0 unspecified atom stereocenters. The van der Waals surface area contributed by atoms with E-state index in [1.165, 1.54) is 0 Å². The third-order valence-electron chi connectivity index (χ3n) is 4.57. The number of aliphatic imine (C=N–C) groups is 1. The van der Waals surface area contributed by atoms with E-state index in [4.69, 9.17) is 4.74 Å². The van der Waals surface area contributed by atoms with Crippen LogP contribution in [0.2, 0.25) is 0 Å². The summed E-state index contributed by atoms with van der Waals surface area (Å²) in [5, 5.41) is 9.27. The highest BCUT2D eigenvalue weighted by Gasteiger charge is 2.22. The second-order valence-corrected chi connectivity index (χ2v) is 7.76. The summed E-state index contributed by atoms with van der Waals surface area (Å²) >= 11 is 0. The van der Waals surface area contributed by atoms with E-state index in [0.29, 0.717) is 17.1 Å². The summed E-state index contributed by atoms with van der Waals surface area (Å²) in [5.74, 6) is 0.326. The van der Waals surface area contributed by atoms with Crippen LogP contribution in [0.3, 0.4) is 0 Å². The lowest BCUT2D eigenvalue weighted by molar-refractivity contribution is 0.0508. The van der Waals surface area contributed by atoms with Crippen LogP contribution in [0.4, 0.5) is 10.1 Å². The number of nitrogens with zero attached hydrogens (tertiary/aromatic N) is 3. The lowest BCUT2D eigenvalue weighted by Gasteiger charge is -2.37. The molecule has 0 radical (unpaired) electrons. The molecule has 0 spiro atoms. The lowest BCUT2D eigenvalue weighted by atomic mass is 10.1. The molecule has 2 aliphatic heterocycles. The molecule has 3 rings (SSSR count). The molecular weight excluding hydrogens is 345 g/mol. The van der Waals surface area contributed by atoms with Crippen LogP contribution < -0.4 is 4.90 Å². The fourth-order valence-electron chi connectivity index (χ4n) is 3.25. The largest absolute Gasteiger partial charge is 0.472 e. The normalized spacial score (nSPS) is 18.1. The average molecular weight is 373 g/mol. The maximum absolute atomic E-state index is 14.5. The van der Waals surface area contributed by atoms with Gasteiger partial charge in [-0.2, -0.15) is 0 Å². The number of rotatable bonds is 4. The first kappa shape index (κ1) is 19.4. The van der Waals surface area contributed by atoms with E-state index >= 15 is 0 Å². The van der Waals surface area contributed by atoms with Crippen molar-refractivity contribution in [2.24, 2.45) is 4.99 Å². The quantitative estimate of drug-likeness (QED) is 0.878. The zero-order chi connectivity index (χ0) is 19.4. The standard InChI is InChI=1S/C21H28FN3O2/c1-21(2,3)27-19-9-5-7-17(14-23-19)24-10-12-25(13-11-24)18-8-4-6-16(15-26)20(18)22/h4,6-9,14,26H,5,10-13,15H2,1-3H3. The Hall–Kier alpha value is -2.34. The molecule has 1 fully saturated rings. The maximum Gasteiger partial charge on any atom is 0.209 e. The van der Waals surface area contributed by atoms with Gasteiger partial charge < -0.3 is 19.6 Å². The Morgan fingerprint density at radius 2 is 1.81 bits per heavy atom. The predicted octanol–water partition coefficient (Wildman–Crippen LogP) is 3.45. The van der Waals surface area contributed by atoms with Gasteiger partial charge >= 0.3 is 0 Å². The molecule has 0 bridgehead atoms. The first-order chi connectivity index (χ1) is 12.9. The number of anilines is 1. The molecule has 146 valence electrons. The van der Waals surface area contributed by atoms with Crippen molar-refractivity contribution in [2.45, 2.75) is 39.4 Å². The Morgan fingerprint density at radius 1 is 1.11 bits per heavy atom. The first-order valence-electron chi connectivity index (χ1n) is 9.39. The molecule has 27 heavy (non-hydrogen) atoms. The SMILES string of the molecule is CC(C)(C)OC1=CCC=C(N2CCN(c3cccc(CO)c3F)CC2)C=N1. The van der Waals surface area contributed by atoms with Crippen molar-refractivity contribution < 1.29 is 14.2 Å². The van der Waals surface area contributed by atoms with Crippen LogP contribution in [0.1, 0.15) is 32.8 Å². The number of piperazine rings is 1. The molecule has 1 N–H and O–H groups in total. The molecule has 2 aliphatic rings. The van der Waals surface area contributed by atoms with E-state index in [9.17, 15) is 9.50 Å². The number of hydrogen-bond acceptors (Lipinski definition) is 5. The van der Waals surface area contributed by atoms with Gasteiger partial charge in [-0.1, -0.05) is 18.2 Å². The minimum Gasteiger partial charge on any atom is -0.472 e. The Labute approximate surface area is 160 Å². The minimum atomic E-state index is -0.322. The van der Waals surface area contributed by atoms with Crippen molar-refractivity contribution in [1.29, 1.82) is 0 Å². The second-order valence-electron chi connectivity index (χ2n) is 7.76. The van der Waals surface area contributed by atoms with Gasteiger partial charge in [-0.15, -0.1) is 0 Å². The highest BCUT2D eigenvalue weighted by atomic mass is 19.1. The van der Waals surface area contributed by atoms with Crippen molar-refractivity contribution in [1.82, 2.24) is 4.90 Å². The van der Waals surface area contributed by atoms with Gasteiger partial charge in [0.15, 0.2) is 5.82 Å². The fourth-order valence-corrected chi connectivity index (χ4v) is 3.25. The topological polar surface area (TPSA) is 48.3 Å². The molecule has 0 saturated carbocycles. The van der Waals surface area contributed by atoms with Crippen molar-refractivity contribution in [3.8, 4) is 0 Å². The summed E-state index contributed by atoms with van der Waals surface area (Å²) in [6.45, 7) is 8.75. The van der Waals surface area contributed by atoms with Crippen LogP contribution in [0.5, 0.6) is 0 Å². The van der Waals surface area contributed by atoms with E-state index in [0.717, 1.165) is 38.3 Å². The number of aliphatic hydroxyl groups is 1. The number of allylic oxidation sites excluding steroid dienone is 3. The second kappa shape index (κ2) is 8.13. The monoisotopic (exact) mass is 373 g/mol. The van der Waals surface area contributed by atoms with Gasteiger partial charge in [-0.3, -0.25) is 0 Å². The van der Waals surface area contributed by atoms with E-state index in [2.05, 4.69) is 16.0 Å². The van der Waals surface area contributed by atoms with Crippen molar-refractivity contribution in [2.75, 3.05) is 31.1 Å². The summed E-state index contributed by atoms with van der Waals surface area (Å²) in [5.41, 5.74) is 1.70. The van der Waals surface area contributed by atoms with Gasteiger partial charge in [-0.05, 0) is 39.3 Å². The average Bonchev–Trinajstić information content (AvgIpc) is 2.86. The number of hydrogen-bond donors (Lipinski definition) is 1. The third kappa shape index (κ3) is 4.89. The number of benzene rings is 1. The lowest BCUT2D eigenvalue weighted by Crippen LogP contribution is -2.46. The predicted molar refractivity (Wildman–Crippen MR) is 106 cm³/mol. The molecule has 1 saturated heterocycles. The highest BCUT2D eigenvalue weighted by molar-refractivity contribution is 5.79.